The Morgan fingerprint density at radius 3 is 2.73 bits per heavy atom. The van der Waals surface area contributed by atoms with Gasteiger partial charge in [-0.1, -0.05) is 23.8 Å². The quantitative estimate of drug-likeness (QED) is 0.397. The third-order valence-corrected chi connectivity index (χ3v) is 1.62. The highest BCUT2D eigenvalue weighted by molar-refractivity contribution is 7.79. The van der Waals surface area contributed by atoms with Crippen LogP contribution in [0.1, 0.15) is 16.1 Å². The molecule has 0 unspecified atom stereocenters. The Bertz CT molecular complexity index is 303. The summed E-state index contributed by atoms with van der Waals surface area (Å²) in [6.07, 6.45) is 1.84. The van der Waals surface area contributed by atoms with Crippen molar-refractivity contribution < 1.29 is 4.79 Å². The molecule has 0 aliphatic heterocycles. The number of halogens is 1. The van der Waals surface area contributed by atoms with Crippen molar-refractivity contribution in [3.8, 4) is 0 Å². The van der Waals surface area contributed by atoms with E-state index in [-0.39, 0.29) is 10.7 Å². The molecule has 0 N–H and O–H groups in total. The predicted octanol–water partition coefficient (Wildman–Crippen LogP) is 1.29. The molecule has 0 aliphatic rings. The number of aldehydes is 1. The van der Waals surface area contributed by atoms with E-state index in [1.807, 2.05) is 0 Å². The summed E-state index contributed by atoms with van der Waals surface area (Å²) in [5, 5.41) is 1.42. The van der Waals surface area contributed by atoms with E-state index in [0.717, 1.165) is 0 Å². The molecule has 0 aromatic carbocycles. The second kappa shape index (κ2) is 3.50. The maximum absolute atomic E-state index is 10.4. The van der Waals surface area contributed by atoms with Gasteiger partial charge in [0.25, 0.3) is 0 Å². The molecule has 5 heteroatoms. The van der Waals surface area contributed by atoms with Crippen molar-refractivity contribution in [3.63, 3.8) is 0 Å². The molecule has 0 fully saturated rings. The molecule has 0 atom stereocenters. The van der Waals surface area contributed by atoms with Gasteiger partial charge >= 0.3 is 0 Å². The molecule has 1 heterocycles. The van der Waals surface area contributed by atoms with Crippen molar-refractivity contribution in [1.29, 1.82) is 0 Å². The lowest BCUT2D eigenvalue weighted by molar-refractivity contribution is 0.112. The third-order valence-electron chi connectivity index (χ3n) is 1.10. The van der Waals surface area contributed by atoms with Gasteiger partial charge in [-0.25, -0.2) is 9.97 Å². The topological polar surface area (TPSA) is 42.9 Å². The van der Waals surface area contributed by atoms with Gasteiger partial charge in [0.05, 0.1) is 11.3 Å². The second-order valence-electron chi connectivity index (χ2n) is 1.70. The first-order chi connectivity index (χ1) is 5.29. The molecule has 0 amide bonds. The zero-order valence-electron chi connectivity index (χ0n) is 5.32. The van der Waals surface area contributed by atoms with Crippen molar-refractivity contribution in [3.05, 3.63) is 22.7 Å². The highest BCUT2D eigenvalue weighted by Crippen LogP contribution is 2.10. The minimum Gasteiger partial charge on any atom is -0.298 e. The fourth-order valence-electron chi connectivity index (χ4n) is 0.589. The van der Waals surface area contributed by atoms with Crippen molar-refractivity contribution in [1.82, 2.24) is 9.97 Å². The van der Waals surface area contributed by atoms with Crippen LogP contribution in [0.3, 0.4) is 0 Å². The Hall–Kier alpha value is -0.870. The number of carbonyl (C=O) groups excluding carboxylic acids is 1. The predicted molar refractivity (Wildman–Crippen MR) is 45.2 cm³/mol. The number of carbonyl (C=O) groups is 1. The summed E-state index contributed by atoms with van der Waals surface area (Å²) < 4.78 is 0. The number of nitrogens with zero attached hydrogens (tertiary/aromatic N) is 2. The molecular formula is C6H3ClN2OS. The van der Waals surface area contributed by atoms with Crippen LogP contribution in [-0.2, 0) is 0 Å². The maximum atomic E-state index is 10.4. The van der Waals surface area contributed by atoms with Crippen LogP contribution in [0.2, 0.25) is 5.15 Å². The molecule has 1 aromatic heterocycles. The number of hydrogen-bond acceptors (Lipinski definition) is 4. The van der Waals surface area contributed by atoms with Crippen LogP contribution in [0.25, 0.3) is 0 Å². The van der Waals surface area contributed by atoms with Gasteiger partial charge < -0.3 is 0 Å². The zero-order chi connectivity index (χ0) is 8.27. The van der Waals surface area contributed by atoms with Crippen LogP contribution < -0.4 is 0 Å². The van der Waals surface area contributed by atoms with Crippen LogP contribution >= 0.6 is 23.8 Å². The Labute approximate surface area is 73.4 Å². The Morgan fingerprint density at radius 2 is 2.27 bits per heavy atom. The largest absolute Gasteiger partial charge is 0.298 e. The minimum atomic E-state index is 0.131. The van der Waals surface area contributed by atoms with E-state index >= 15 is 0 Å². The SMILES string of the molecule is O=Cc1c(Cl)ncnc1C=S. The van der Waals surface area contributed by atoms with Crippen molar-refractivity contribution >= 4 is 35.5 Å². The average molecular weight is 187 g/mol. The van der Waals surface area contributed by atoms with Gasteiger partial charge in [-0.2, -0.15) is 0 Å². The average Bonchev–Trinajstić information content (AvgIpc) is 2.04. The van der Waals surface area contributed by atoms with E-state index in [2.05, 4.69) is 22.2 Å². The molecule has 56 valence electrons. The highest BCUT2D eigenvalue weighted by Gasteiger charge is 2.04. The molecule has 1 rings (SSSR count). The molecule has 0 radical (unpaired) electrons. The first kappa shape index (κ1) is 8.23. The summed E-state index contributed by atoms with van der Waals surface area (Å²) >= 11 is 10.2. The molecule has 0 saturated heterocycles. The van der Waals surface area contributed by atoms with E-state index in [9.17, 15) is 4.79 Å². The summed E-state index contributed by atoms with van der Waals surface area (Å²) in [6.45, 7) is 0. The maximum Gasteiger partial charge on any atom is 0.155 e. The summed E-state index contributed by atoms with van der Waals surface area (Å²) in [4.78, 5) is 17.7. The monoisotopic (exact) mass is 186 g/mol. The smallest absolute Gasteiger partial charge is 0.155 e. The Morgan fingerprint density at radius 1 is 1.55 bits per heavy atom. The number of rotatable bonds is 2. The molecule has 3 nitrogen and oxygen atoms in total. The fourth-order valence-corrected chi connectivity index (χ4v) is 0.962. The van der Waals surface area contributed by atoms with Crippen LogP contribution in [-0.4, -0.2) is 21.6 Å². The lowest BCUT2D eigenvalue weighted by Gasteiger charge is -1.96. The summed E-state index contributed by atoms with van der Waals surface area (Å²) in [7, 11) is 0. The van der Waals surface area contributed by atoms with Gasteiger partial charge in [-0.3, -0.25) is 4.79 Å². The van der Waals surface area contributed by atoms with Gasteiger partial charge in [0.2, 0.25) is 0 Å². The second-order valence-corrected chi connectivity index (χ2v) is 2.29. The van der Waals surface area contributed by atoms with Gasteiger partial charge in [0, 0.05) is 5.37 Å². The lowest BCUT2D eigenvalue weighted by Crippen LogP contribution is -1.96. The van der Waals surface area contributed by atoms with Gasteiger partial charge in [0.1, 0.15) is 11.5 Å². The Kier molecular flexibility index (Phi) is 2.62. The molecule has 0 spiro atoms. The minimum absolute atomic E-state index is 0.131. The van der Waals surface area contributed by atoms with Crippen LogP contribution in [0.5, 0.6) is 0 Å². The first-order valence-corrected chi connectivity index (χ1v) is 3.55. The normalized spacial score (nSPS) is 9.18. The summed E-state index contributed by atoms with van der Waals surface area (Å²) in [5.74, 6) is 0. The number of hydrogen-bond donors (Lipinski definition) is 0. The lowest BCUT2D eigenvalue weighted by atomic mass is 10.3. The summed E-state index contributed by atoms with van der Waals surface area (Å²) in [5.41, 5.74) is 0.624. The van der Waals surface area contributed by atoms with Crippen LogP contribution in [0.15, 0.2) is 6.33 Å². The van der Waals surface area contributed by atoms with Gasteiger partial charge in [-0.05, 0) is 0 Å². The molecule has 0 bridgehead atoms. The molecule has 1 aromatic rings. The Balaban J connectivity index is 3.35. The molecule has 0 saturated carbocycles. The van der Waals surface area contributed by atoms with Crippen LogP contribution in [0.4, 0.5) is 0 Å². The number of aromatic nitrogens is 2. The first-order valence-electron chi connectivity index (χ1n) is 2.70. The molecule has 0 aliphatic carbocycles. The van der Waals surface area contributed by atoms with Crippen molar-refractivity contribution in [2.75, 3.05) is 0 Å². The zero-order valence-corrected chi connectivity index (χ0v) is 6.89. The fraction of sp³-hybridized carbons (Fsp3) is 0. The standard InChI is InChI=1S/C6H3ClN2OS/c7-6-4(1-10)5(2-11)8-3-9-6/h1-3H. The van der Waals surface area contributed by atoms with E-state index in [1.165, 1.54) is 11.7 Å². The molecular weight excluding hydrogens is 184 g/mol. The van der Waals surface area contributed by atoms with E-state index in [0.29, 0.717) is 12.0 Å². The number of thiocarbonyl (C=S) groups is 1. The summed E-state index contributed by atoms with van der Waals surface area (Å²) in [6, 6.07) is 0. The van der Waals surface area contributed by atoms with Crippen LogP contribution in [0, 0.1) is 0 Å². The highest BCUT2D eigenvalue weighted by atomic mass is 35.5. The van der Waals surface area contributed by atoms with Gasteiger partial charge in [0.15, 0.2) is 6.29 Å². The third kappa shape index (κ3) is 1.58. The van der Waals surface area contributed by atoms with E-state index < -0.39 is 0 Å². The van der Waals surface area contributed by atoms with Gasteiger partial charge in [-0.15, -0.1) is 0 Å². The van der Waals surface area contributed by atoms with Crippen molar-refractivity contribution in [2.45, 2.75) is 0 Å². The van der Waals surface area contributed by atoms with Crippen molar-refractivity contribution in [2.24, 2.45) is 0 Å². The van der Waals surface area contributed by atoms with E-state index in [4.69, 9.17) is 11.6 Å². The van der Waals surface area contributed by atoms with E-state index in [1.54, 1.807) is 0 Å². The molecule has 11 heavy (non-hydrogen) atoms.